The predicted octanol–water partition coefficient (Wildman–Crippen LogP) is 3.43. The lowest BCUT2D eigenvalue weighted by molar-refractivity contribution is -0.137. The van der Waals surface area contributed by atoms with Crippen molar-refractivity contribution in [2.45, 2.75) is 37.3 Å². The van der Waals surface area contributed by atoms with E-state index in [1.54, 1.807) is 0 Å². The first-order valence-corrected chi connectivity index (χ1v) is 11.3. The topological polar surface area (TPSA) is 101 Å². The Morgan fingerprint density at radius 2 is 1.66 bits per heavy atom. The summed E-state index contributed by atoms with van der Waals surface area (Å²) in [5.74, 6) is -1.35. The van der Waals surface area contributed by atoms with Gasteiger partial charge in [0.05, 0.1) is 16.9 Å². The van der Waals surface area contributed by atoms with Crippen molar-refractivity contribution >= 4 is 33.2 Å². The molecule has 1 saturated heterocycles. The standard InChI is InChI=1S/C20H23F3N4O4S/c1-13(28)24-16-7-6-14(20(21,22)23)10-17(16)25-19(29)18-11-15(12-26(18)2)32(30,31)27-8-4-3-5-9-27/h6-7,10-12H,3-5,8-9H2,1-2H3,(H,24,28)(H,25,29). The van der Waals surface area contributed by atoms with Crippen molar-refractivity contribution in [3.05, 3.63) is 41.7 Å². The van der Waals surface area contributed by atoms with Crippen molar-refractivity contribution in [1.29, 1.82) is 0 Å². The zero-order valence-corrected chi connectivity index (χ0v) is 18.3. The van der Waals surface area contributed by atoms with Crippen LogP contribution in [0.4, 0.5) is 24.5 Å². The average Bonchev–Trinajstić information content (AvgIpc) is 3.11. The second-order valence-electron chi connectivity index (χ2n) is 7.53. The van der Waals surface area contributed by atoms with Gasteiger partial charge in [-0.2, -0.15) is 17.5 Å². The molecule has 0 bridgehead atoms. The van der Waals surface area contributed by atoms with Crippen molar-refractivity contribution < 1.29 is 31.2 Å². The van der Waals surface area contributed by atoms with Gasteiger partial charge in [-0.15, -0.1) is 0 Å². The summed E-state index contributed by atoms with van der Waals surface area (Å²) in [6.07, 6.45) is -0.918. The number of rotatable bonds is 5. The maximum atomic E-state index is 13.1. The first kappa shape index (κ1) is 23.8. The molecule has 2 amide bonds. The summed E-state index contributed by atoms with van der Waals surface area (Å²) in [7, 11) is -2.33. The van der Waals surface area contributed by atoms with Gasteiger partial charge in [-0.05, 0) is 37.1 Å². The number of hydrogen-bond donors (Lipinski definition) is 2. The number of carbonyl (C=O) groups excluding carboxylic acids is 2. The molecule has 2 aromatic rings. The molecule has 0 spiro atoms. The Labute approximate surface area is 183 Å². The van der Waals surface area contributed by atoms with Gasteiger partial charge in [0.1, 0.15) is 10.6 Å². The maximum absolute atomic E-state index is 13.1. The molecule has 12 heteroatoms. The predicted molar refractivity (Wildman–Crippen MR) is 112 cm³/mol. The minimum atomic E-state index is -4.66. The second-order valence-corrected chi connectivity index (χ2v) is 9.47. The average molecular weight is 472 g/mol. The first-order chi connectivity index (χ1) is 14.9. The van der Waals surface area contributed by atoms with Crippen LogP contribution in [-0.2, 0) is 28.0 Å². The molecule has 8 nitrogen and oxygen atoms in total. The lowest BCUT2D eigenvalue weighted by Gasteiger charge is -2.25. The number of alkyl halides is 3. The fourth-order valence-corrected chi connectivity index (χ4v) is 5.05. The van der Waals surface area contributed by atoms with E-state index in [4.69, 9.17) is 0 Å². The second kappa shape index (κ2) is 8.94. The number of nitrogens with one attached hydrogen (secondary N) is 2. The van der Waals surface area contributed by atoms with Crippen LogP contribution in [0.1, 0.15) is 42.2 Å². The van der Waals surface area contributed by atoms with E-state index in [1.807, 2.05) is 0 Å². The molecule has 174 valence electrons. The molecule has 0 unspecified atom stereocenters. The van der Waals surface area contributed by atoms with E-state index in [2.05, 4.69) is 10.6 Å². The van der Waals surface area contributed by atoms with Gasteiger partial charge in [-0.3, -0.25) is 9.59 Å². The van der Waals surface area contributed by atoms with Crippen LogP contribution in [0.2, 0.25) is 0 Å². The normalized spacial score (nSPS) is 15.4. The van der Waals surface area contributed by atoms with E-state index in [0.717, 1.165) is 31.4 Å². The van der Waals surface area contributed by atoms with Gasteiger partial charge in [0.15, 0.2) is 0 Å². The summed E-state index contributed by atoms with van der Waals surface area (Å²) < 4.78 is 67.8. The zero-order valence-electron chi connectivity index (χ0n) is 17.5. The van der Waals surface area contributed by atoms with Gasteiger partial charge in [0.2, 0.25) is 15.9 Å². The fourth-order valence-electron chi connectivity index (χ4n) is 3.46. The van der Waals surface area contributed by atoms with E-state index >= 15 is 0 Å². The van der Waals surface area contributed by atoms with Gasteiger partial charge in [0, 0.05) is 33.3 Å². The van der Waals surface area contributed by atoms with Crippen LogP contribution in [-0.4, -0.2) is 42.2 Å². The van der Waals surface area contributed by atoms with Crippen LogP contribution < -0.4 is 10.6 Å². The molecule has 0 aliphatic carbocycles. The molecule has 0 radical (unpaired) electrons. The maximum Gasteiger partial charge on any atom is 0.416 e. The third-order valence-corrected chi connectivity index (χ3v) is 6.94. The van der Waals surface area contributed by atoms with E-state index in [1.165, 1.54) is 35.1 Å². The highest BCUT2D eigenvalue weighted by Crippen LogP contribution is 2.34. The van der Waals surface area contributed by atoms with Crippen LogP contribution in [0.5, 0.6) is 0 Å². The van der Waals surface area contributed by atoms with Crippen LogP contribution in [0, 0.1) is 0 Å². The smallest absolute Gasteiger partial charge is 0.345 e. The molecular weight excluding hydrogens is 449 g/mol. The van der Waals surface area contributed by atoms with Crippen molar-refractivity contribution in [1.82, 2.24) is 8.87 Å². The van der Waals surface area contributed by atoms with Crippen LogP contribution in [0.25, 0.3) is 0 Å². The van der Waals surface area contributed by atoms with Gasteiger partial charge >= 0.3 is 6.18 Å². The van der Waals surface area contributed by atoms with E-state index < -0.39 is 33.6 Å². The van der Waals surface area contributed by atoms with Gasteiger partial charge in [0.25, 0.3) is 5.91 Å². The number of benzene rings is 1. The summed E-state index contributed by atoms with van der Waals surface area (Å²) in [4.78, 5) is 24.1. The summed E-state index contributed by atoms with van der Waals surface area (Å²) in [5.41, 5.74) is -1.36. The number of halogens is 3. The van der Waals surface area contributed by atoms with E-state index in [9.17, 15) is 31.2 Å². The minimum absolute atomic E-state index is 0.0192. The van der Waals surface area contributed by atoms with Gasteiger partial charge in [-0.1, -0.05) is 6.42 Å². The highest BCUT2D eigenvalue weighted by atomic mass is 32.2. The SMILES string of the molecule is CC(=O)Nc1ccc(C(F)(F)F)cc1NC(=O)c1cc(S(=O)(=O)N2CCCCC2)cn1C. The number of sulfonamides is 1. The third-order valence-electron chi connectivity index (χ3n) is 5.07. The number of nitrogens with zero attached hydrogens (tertiary/aromatic N) is 2. The highest BCUT2D eigenvalue weighted by Gasteiger charge is 2.32. The number of amides is 2. The Balaban J connectivity index is 1.91. The largest absolute Gasteiger partial charge is 0.416 e. The molecule has 1 aliphatic rings. The first-order valence-electron chi connectivity index (χ1n) is 9.86. The Hall–Kier alpha value is -2.86. The molecule has 1 fully saturated rings. The fraction of sp³-hybridized carbons (Fsp3) is 0.400. The monoisotopic (exact) mass is 472 g/mol. The van der Waals surface area contributed by atoms with E-state index in [0.29, 0.717) is 19.2 Å². The molecule has 2 N–H and O–H groups in total. The number of carbonyl (C=O) groups is 2. The minimum Gasteiger partial charge on any atom is -0.345 e. The Kier molecular flexibility index (Phi) is 6.65. The molecule has 1 aliphatic heterocycles. The number of aromatic nitrogens is 1. The summed E-state index contributed by atoms with van der Waals surface area (Å²) in [6.45, 7) is 1.96. The summed E-state index contributed by atoms with van der Waals surface area (Å²) >= 11 is 0. The zero-order chi connectivity index (χ0) is 23.7. The quantitative estimate of drug-likeness (QED) is 0.696. The number of piperidine rings is 1. The molecule has 2 heterocycles. The van der Waals surface area contributed by atoms with Crippen LogP contribution in [0.15, 0.2) is 35.4 Å². The Bertz CT molecular complexity index is 1140. The lowest BCUT2D eigenvalue weighted by Crippen LogP contribution is -2.35. The summed E-state index contributed by atoms with van der Waals surface area (Å²) in [5, 5.41) is 4.71. The summed E-state index contributed by atoms with van der Waals surface area (Å²) in [6, 6.07) is 3.71. The van der Waals surface area contributed by atoms with Crippen LogP contribution in [0.3, 0.4) is 0 Å². The number of hydrogen-bond acceptors (Lipinski definition) is 4. The van der Waals surface area contributed by atoms with Crippen molar-refractivity contribution in [3.63, 3.8) is 0 Å². The molecule has 0 saturated carbocycles. The molecule has 3 rings (SSSR count). The van der Waals surface area contributed by atoms with E-state index in [-0.39, 0.29) is 22.0 Å². The Morgan fingerprint density at radius 3 is 2.25 bits per heavy atom. The number of aryl methyl sites for hydroxylation is 1. The van der Waals surface area contributed by atoms with Crippen LogP contribution >= 0.6 is 0 Å². The van der Waals surface area contributed by atoms with Crippen molar-refractivity contribution in [2.75, 3.05) is 23.7 Å². The number of anilines is 2. The lowest BCUT2D eigenvalue weighted by atomic mass is 10.1. The highest BCUT2D eigenvalue weighted by molar-refractivity contribution is 7.89. The van der Waals surface area contributed by atoms with Crippen molar-refractivity contribution in [2.24, 2.45) is 7.05 Å². The molecule has 1 aromatic heterocycles. The Morgan fingerprint density at radius 1 is 1.00 bits per heavy atom. The van der Waals surface area contributed by atoms with Crippen molar-refractivity contribution in [3.8, 4) is 0 Å². The van der Waals surface area contributed by atoms with Gasteiger partial charge in [-0.25, -0.2) is 8.42 Å². The molecule has 1 aromatic carbocycles. The molecule has 0 atom stereocenters. The third kappa shape index (κ3) is 5.13. The molecule has 32 heavy (non-hydrogen) atoms. The molecular formula is C20H23F3N4O4S. The van der Waals surface area contributed by atoms with Gasteiger partial charge < -0.3 is 15.2 Å².